The summed E-state index contributed by atoms with van der Waals surface area (Å²) in [4.78, 5) is 0. The van der Waals surface area contributed by atoms with Gasteiger partial charge in [0.05, 0.1) is 18.9 Å². The van der Waals surface area contributed by atoms with Gasteiger partial charge in [-0.1, -0.05) is 0 Å². The fraction of sp³-hybridized carbons (Fsp3) is 0.556. The largest absolute Gasteiger partial charge is 0.468 e. The van der Waals surface area contributed by atoms with E-state index in [2.05, 4.69) is 5.32 Å². The highest BCUT2D eigenvalue weighted by Gasteiger charge is 2.09. The molecule has 68 valence electrons. The number of aliphatic hydroxyl groups excluding tert-OH is 1. The van der Waals surface area contributed by atoms with Gasteiger partial charge in [0.25, 0.3) is 0 Å². The average Bonchev–Trinajstić information content (AvgIpc) is 2.56. The molecular weight excluding hydrogens is 154 g/mol. The third-order valence-electron chi connectivity index (χ3n) is 1.78. The molecule has 0 aromatic carbocycles. The second-order valence-electron chi connectivity index (χ2n) is 2.99. The molecule has 0 aliphatic carbocycles. The van der Waals surface area contributed by atoms with E-state index in [0.717, 1.165) is 5.76 Å². The van der Waals surface area contributed by atoms with Crippen molar-refractivity contribution in [3.8, 4) is 0 Å². The van der Waals surface area contributed by atoms with Crippen LogP contribution in [-0.2, 0) is 0 Å². The fourth-order valence-electron chi connectivity index (χ4n) is 1.10. The van der Waals surface area contributed by atoms with E-state index in [1.165, 1.54) is 0 Å². The summed E-state index contributed by atoms with van der Waals surface area (Å²) in [6, 6.07) is 4.03. The SMILES string of the molecule is C[C@H](CO)N[C@H](C)c1ccco1. The normalized spacial score (nSPS) is 15.9. The molecule has 1 aromatic rings. The van der Waals surface area contributed by atoms with Crippen LogP contribution < -0.4 is 5.32 Å². The van der Waals surface area contributed by atoms with Gasteiger partial charge in [-0.2, -0.15) is 0 Å². The van der Waals surface area contributed by atoms with E-state index in [1.807, 2.05) is 26.0 Å². The molecule has 3 nitrogen and oxygen atoms in total. The van der Waals surface area contributed by atoms with Crippen molar-refractivity contribution < 1.29 is 9.52 Å². The first-order valence-electron chi connectivity index (χ1n) is 4.14. The summed E-state index contributed by atoms with van der Waals surface area (Å²) in [6.45, 7) is 4.08. The van der Waals surface area contributed by atoms with Crippen LogP contribution in [0.4, 0.5) is 0 Å². The second kappa shape index (κ2) is 4.28. The van der Waals surface area contributed by atoms with Gasteiger partial charge in [0.1, 0.15) is 5.76 Å². The molecule has 0 unspecified atom stereocenters. The topological polar surface area (TPSA) is 45.4 Å². The summed E-state index contributed by atoms with van der Waals surface area (Å²) < 4.78 is 5.20. The first kappa shape index (κ1) is 9.29. The monoisotopic (exact) mass is 169 g/mol. The third-order valence-corrected chi connectivity index (χ3v) is 1.78. The molecule has 3 heteroatoms. The minimum Gasteiger partial charge on any atom is -0.468 e. The molecule has 2 N–H and O–H groups in total. The van der Waals surface area contributed by atoms with Crippen LogP contribution in [0, 0.1) is 0 Å². The Labute approximate surface area is 72.4 Å². The Morgan fingerprint density at radius 3 is 2.83 bits per heavy atom. The molecule has 0 spiro atoms. The lowest BCUT2D eigenvalue weighted by Gasteiger charge is -2.15. The van der Waals surface area contributed by atoms with E-state index in [1.54, 1.807) is 6.26 Å². The summed E-state index contributed by atoms with van der Waals surface area (Å²) in [7, 11) is 0. The van der Waals surface area contributed by atoms with Gasteiger partial charge < -0.3 is 14.8 Å². The van der Waals surface area contributed by atoms with Gasteiger partial charge in [0, 0.05) is 6.04 Å². The standard InChI is InChI=1S/C9H15NO2/c1-7(6-11)10-8(2)9-4-3-5-12-9/h3-5,7-8,10-11H,6H2,1-2H3/t7-,8-/m1/s1. The summed E-state index contributed by atoms with van der Waals surface area (Å²) >= 11 is 0. The molecule has 0 aliphatic rings. The van der Waals surface area contributed by atoms with Crippen LogP contribution in [0.1, 0.15) is 25.6 Å². The van der Waals surface area contributed by atoms with Crippen molar-refractivity contribution in [3.63, 3.8) is 0 Å². The van der Waals surface area contributed by atoms with E-state index >= 15 is 0 Å². The third kappa shape index (κ3) is 2.36. The number of hydrogen-bond donors (Lipinski definition) is 2. The Kier molecular flexibility index (Phi) is 3.31. The molecule has 0 amide bonds. The molecule has 1 aromatic heterocycles. The molecule has 0 radical (unpaired) electrons. The van der Waals surface area contributed by atoms with Crippen molar-refractivity contribution >= 4 is 0 Å². The first-order chi connectivity index (χ1) is 5.74. The lowest BCUT2D eigenvalue weighted by Crippen LogP contribution is -2.31. The minimum atomic E-state index is 0.102. The predicted molar refractivity (Wildman–Crippen MR) is 46.8 cm³/mol. The van der Waals surface area contributed by atoms with Crippen LogP contribution in [0.2, 0.25) is 0 Å². The average molecular weight is 169 g/mol. The summed E-state index contributed by atoms with van der Waals surface area (Å²) in [5, 5.41) is 12.0. The molecule has 2 atom stereocenters. The van der Waals surface area contributed by atoms with Crippen LogP contribution in [0.15, 0.2) is 22.8 Å². The molecular formula is C9H15NO2. The smallest absolute Gasteiger partial charge is 0.120 e. The second-order valence-corrected chi connectivity index (χ2v) is 2.99. The number of furan rings is 1. The molecule has 0 saturated heterocycles. The van der Waals surface area contributed by atoms with E-state index in [4.69, 9.17) is 9.52 Å². The predicted octanol–water partition coefficient (Wildman–Crippen LogP) is 1.31. The maximum absolute atomic E-state index is 8.79. The van der Waals surface area contributed by atoms with Crippen molar-refractivity contribution in [2.45, 2.75) is 25.9 Å². The molecule has 0 fully saturated rings. The van der Waals surface area contributed by atoms with Gasteiger partial charge in [-0.3, -0.25) is 0 Å². The van der Waals surface area contributed by atoms with Crippen molar-refractivity contribution in [2.75, 3.05) is 6.61 Å². The van der Waals surface area contributed by atoms with Crippen molar-refractivity contribution in [1.29, 1.82) is 0 Å². The molecule has 0 bridgehead atoms. The number of hydrogen-bond acceptors (Lipinski definition) is 3. The molecule has 1 rings (SSSR count). The summed E-state index contributed by atoms with van der Waals surface area (Å²) in [5.41, 5.74) is 0. The Morgan fingerprint density at radius 1 is 1.58 bits per heavy atom. The van der Waals surface area contributed by atoms with Crippen LogP contribution in [-0.4, -0.2) is 17.8 Å². The van der Waals surface area contributed by atoms with Gasteiger partial charge in [0.2, 0.25) is 0 Å². The van der Waals surface area contributed by atoms with E-state index in [0.29, 0.717) is 0 Å². The Bertz CT molecular complexity index is 208. The van der Waals surface area contributed by atoms with Crippen molar-refractivity contribution in [1.82, 2.24) is 5.32 Å². The highest BCUT2D eigenvalue weighted by atomic mass is 16.3. The van der Waals surface area contributed by atoms with E-state index < -0.39 is 0 Å². The number of rotatable bonds is 4. The Morgan fingerprint density at radius 2 is 2.33 bits per heavy atom. The first-order valence-corrected chi connectivity index (χ1v) is 4.14. The highest BCUT2D eigenvalue weighted by Crippen LogP contribution is 2.12. The maximum atomic E-state index is 8.79. The lowest BCUT2D eigenvalue weighted by molar-refractivity contribution is 0.238. The van der Waals surface area contributed by atoms with Crippen LogP contribution >= 0.6 is 0 Å². The zero-order chi connectivity index (χ0) is 8.97. The Balaban J connectivity index is 2.44. The highest BCUT2D eigenvalue weighted by molar-refractivity contribution is 5.03. The minimum absolute atomic E-state index is 0.102. The van der Waals surface area contributed by atoms with E-state index in [-0.39, 0.29) is 18.7 Å². The van der Waals surface area contributed by atoms with Gasteiger partial charge in [0.15, 0.2) is 0 Å². The van der Waals surface area contributed by atoms with Crippen LogP contribution in [0.25, 0.3) is 0 Å². The van der Waals surface area contributed by atoms with Crippen molar-refractivity contribution in [2.24, 2.45) is 0 Å². The quantitative estimate of drug-likeness (QED) is 0.714. The fourth-order valence-corrected chi connectivity index (χ4v) is 1.10. The zero-order valence-electron chi connectivity index (χ0n) is 7.45. The molecule has 1 heterocycles. The molecule has 0 aliphatic heterocycles. The van der Waals surface area contributed by atoms with Crippen molar-refractivity contribution in [3.05, 3.63) is 24.2 Å². The van der Waals surface area contributed by atoms with Gasteiger partial charge in [-0.05, 0) is 26.0 Å². The lowest BCUT2D eigenvalue weighted by atomic mass is 10.2. The van der Waals surface area contributed by atoms with Gasteiger partial charge in [-0.25, -0.2) is 0 Å². The number of nitrogens with one attached hydrogen (secondary N) is 1. The molecule has 0 saturated carbocycles. The van der Waals surface area contributed by atoms with Gasteiger partial charge >= 0.3 is 0 Å². The van der Waals surface area contributed by atoms with Gasteiger partial charge in [-0.15, -0.1) is 0 Å². The van der Waals surface area contributed by atoms with Crippen LogP contribution in [0.3, 0.4) is 0 Å². The number of aliphatic hydroxyl groups is 1. The summed E-state index contributed by atoms with van der Waals surface area (Å²) in [5.74, 6) is 0.898. The Hall–Kier alpha value is -0.800. The molecule has 12 heavy (non-hydrogen) atoms. The zero-order valence-corrected chi connectivity index (χ0v) is 7.45. The maximum Gasteiger partial charge on any atom is 0.120 e. The summed E-state index contributed by atoms with van der Waals surface area (Å²) in [6.07, 6.45) is 1.65. The van der Waals surface area contributed by atoms with E-state index in [9.17, 15) is 0 Å². The van der Waals surface area contributed by atoms with Crippen LogP contribution in [0.5, 0.6) is 0 Å².